The number of carbonyl (C=O) groups is 1. The van der Waals surface area contributed by atoms with Crippen LogP contribution >= 0.6 is 11.6 Å². The molecule has 3 rings (SSSR count). The maximum Gasteiger partial charge on any atom is 0.161 e. The smallest absolute Gasteiger partial charge is 0.161 e. The highest BCUT2D eigenvalue weighted by atomic mass is 35.5. The van der Waals surface area contributed by atoms with Gasteiger partial charge in [0, 0.05) is 17.0 Å². The largest absolute Gasteiger partial charge is 0.490 e. The van der Waals surface area contributed by atoms with Gasteiger partial charge in [-0.3, -0.25) is 4.79 Å². The minimum atomic E-state index is -0.00408. The molecule has 21 heavy (non-hydrogen) atoms. The average molecular weight is 303 g/mol. The molecule has 108 valence electrons. The topological polar surface area (TPSA) is 35.5 Å². The molecule has 2 aromatic carbocycles. The number of halogens is 1. The molecule has 2 aromatic rings. The molecule has 0 radical (unpaired) electrons. The quantitative estimate of drug-likeness (QED) is 0.773. The standard InChI is InChI=1S/C17H15ClO3/c1-11(19)14-9-16-17(21-8-2-7-20-16)10-15(14)12-3-5-13(18)6-4-12/h3-6,9-10H,2,7-8H2,1H3. The van der Waals surface area contributed by atoms with Crippen molar-refractivity contribution in [2.75, 3.05) is 13.2 Å². The lowest BCUT2D eigenvalue weighted by Crippen LogP contribution is -2.00. The number of hydrogen-bond donors (Lipinski definition) is 0. The van der Waals surface area contributed by atoms with Gasteiger partial charge in [0.25, 0.3) is 0 Å². The third-order valence-corrected chi connectivity index (χ3v) is 3.67. The lowest BCUT2D eigenvalue weighted by molar-refractivity contribution is 0.101. The van der Waals surface area contributed by atoms with E-state index in [0.717, 1.165) is 17.5 Å². The molecule has 0 bridgehead atoms. The van der Waals surface area contributed by atoms with Crippen molar-refractivity contribution in [1.82, 2.24) is 0 Å². The molecule has 0 amide bonds. The first-order valence-corrected chi connectivity index (χ1v) is 7.23. The van der Waals surface area contributed by atoms with E-state index < -0.39 is 0 Å². The van der Waals surface area contributed by atoms with Gasteiger partial charge in [-0.25, -0.2) is 0 Å². The summed E-state index contributed by atoms with van der Waals surface area (Å²) >= 11 is 5.93. The maximum absolute atomic E-state index is 12.0. The molecular formula is C17H15ClO3. The first kappa shape index (κ1) is 14.0. The first-order chi connectivity index (χ1) is 10.1. The van der Waals surface area contributed by atoms with Gasteiger partial charge in [-0.05, 0) is 42.3 Å². The third-order valence-electron chi connectivity index (χ3n) is 3.42. The molecule has 0 saturated heterocycles. The summed E-state index contributed by atoms with van der Waals surface area (Å²) < 4.78 is 11.4. The fourth-order valence-corrected chi connectivity index (χ4v) is 2.49. The van der Waals surface area contributed by atoms with Crippen LogP contribution in [0, 0.1) is 0 Å². The molecule has 3 nitrogen and oxygen atoms in total. The lowest BCUT2D eigenvalue weighted by atomic mass is 9.96. The normalized spacial score (nSPS) is 13.6. The van der Waals surface area contributed by atoms with E-state index >= 15 is 0 Å². The molecule has 0 N–H and O–H groups in total. The van der Waals surface area contributed by atoms with Crippen LogP contribution in [-0.2, 0) is 0 Å². The summed E-state index contributed by atoms with van der Waals surface area (Å²) in [6.45, 7) is 2.77. The van der Waals surface area contributed by atoms with Crippen molar-refractivity contribution in [2.45, 2.75) is 13.3 Å². The predicted octanol–water partition coefficient (Wildman–Crippen LogP) is 4.37. The number of ether oxygens (including phenoxy) is 2. The molecule has 0 fully saturated rings. The van der Waals surface area contributed by atoms with Crippen LogP contribution in [0.25, 0.3) is 11.1 Å². The van der Waals surface area contributed by atoms with Crippen molar-refractivity contribution in [3.8, 4) is 22.6 Å². The number of rotatable bonds is 2. The van der Waals surface area contributed by atoms with Gasteiger partial charge in [0.1, 0.15) is 0 Å². The molecule has 1 heterocycles. The van der Waals surface area contributed by atoms with E-state index in [9.17, 15) is 4.79 Å². The summed E-state index contributed by atoms with van der Waals surface area (Å²) in [6.07, 6.45) is 0.834. The lowest BCUT2D eigenvalue weighted by Gasteiger charge is -2.13. The van der Waals surface area contributed by atoms with Gasteiger partial charge in [0.15, 0.2) is 17.3 Å². The van der Waals surface area contributed by atoms with Crippen LogP contribution in [0.2, 0.25) is 5.02 Å². The first-order valence-electron chi connectivity index (χ1n) is 6.85. The van der Waals surface area contributed by atoms with E-state index in [1.54, 1.807) is 13.0 Å². The fraction of sp³-hybridized carbons (Fsp3) is 0.235. The van der Waals surface area contributed by atoms with Gasteiger partial charge in [0.2, 0.25) is 0 Å². The molecule has 1 aliphatic heterocycles. The molecule has 4 heteroatoms. The van der Waals surface area contributed by atoms with E-state index in [0.29, 0.717) is 35.3 Å². The third kappa shape index (κ3) is 2.88. The van der Waals surface area contributed by atoms with Crippen LogP contribution in [-0.4, -0.2) is 19.0 Å². The molecule has 1 aliphatic rings. The zero-order valence-electron chi connectivity index (χ0n) is 11.7. The van der Waals surface area contributed by atoms with Crippen molar-refractivity contribution in [3.05, 3.63) is 47.0 Å². The summed E-state index contributed by atoms with van der Waals surface area (Å²) in [5, 5.41) is 0.664. The van der Waals surface area contributed by atoms with E-state index in [-0.39, 0.29) is 5.78 Å². The average Bonchev–Trinajstić information content (AvgIpc) is 2.71. The predicted molar refractivity (Wildman–Crippen MR) is 82.5 cm³/mol. The second-order valence-corrected chi connectivity index (χ2v) is 5.39. The van der Waals surface area contributed by atoms with E-state index in [2.05, 4.69) is 0 Å². The van der Waals surface area contributed by atoms with Gasteiger partial charge in [0.05, 0.1) is 13.2 Å². The van der Waals surface area contributed by atoms with Gasteiger partial charge < -0.3 is 9.47 Å². The van der Waals surface area contributed by atoms with Crippen LogP contribution in [0.5, 0.6) is 11.5 Å². The minimum Gasteiger partial charge on any atom is -0.490 e. The van der Waals surface area contributed by atoms with Crippen molar-refractivity contribution in [3.63, 3.8) is 0 Å². The van der Waals surface area contributed by atoms with Crippen molar-refractivity contribution in [2.24, 2.45) is 0 Å². The molecule has 0 spiro atoms. The van der Waals surface area contributed by atoms with Crippen LogP contribution in [0.3, 0.4) is 0 Å². The highest BCUT2D eigenvalue weighted by Gasteiger charge is 2.18. The highest BCUT2D eigenvalue weighted by molar-refractivity contribution is 6.30. The second kappa shape index (κ2) is 5.78. The van der Waals surface area contributed by atoms with Crippen LogP contribution in [0.4, 0.5) is 0 Å². The monoisotopic (exact) mass is 302 g/mol. The van der Waals surface area contributed by atoms with Crippen LogP contribution < -0.4 is 9.47 Å². The summed E-state index contributed by atoms with van der Waals surface area (Å²) in [5.74, 6) is 1.31. The second-order valence-electron chi connectivity index (χ2n) is 4.96. The van der Waals surface area contributed by atoms with Crippen LogP contribution in [0.15, 0.2) is 36.4 Å². The number of fused-ring (bicyclic) bond motifs is 1. The minimum absolute atomic E-state index is 0.00408. The SMILES string of the molecule is CC(=O)c1cc2c(cc1-c1ccc(Cl)cc1)OCCCO2. The molecular weight excluding hydrogens is 288 g/mol. The number of ketones is 1. The van der Waals surface area contributed by atoms with E-state index in [4.69, 9.17) is 21.1 Å². The van der Waals surface area contributed by atoms with E-state index in [1.807, 2.05) is 30.3 Å². The van der Waals surface area contributed by atoms with Crippen molar-refractivity contribution < 1.29 is 14.3 Å². The Balaban J connectivity index is 2.15. The van der Waals surface area contributed by atoms with Crippen molar-refractivity contribution >= 4 is 17.4 Å². The molecule has 0 aliphatic carbocycles. The number of carbonyl (C=O) groups excluding carboxylic acids is 1. The fourth-order valence-electron chi connectivity index (χ4n) is 2.37. The Labute approximate surface area is 128 Å². The van der Waals surface area contributed by atoms with Crippen LogP contribution in [0.1, 0.15) is 23.7 Å². The summed E-state index contributed by atoms with van der Waals surface area (Å²) in [4.78, 5) is 12.0. The Morgan fingerprint density at radius 3 is 2.29 bits per heavy atom. The summed E-state index contributed by atoms with van der Waals surface area (Å²) in [5.41, 5.74) is 2.39. The highest BCUT2D eigenvalue weighted by Crippen LogP contribution is 2.37. The zero-order valence-corrected chi connectivity index (χ0v) is 12.4. The van der Waals surface area contributed by atoms with Gasteiger partial charge >= 0.3 is 0 Å². The Bertz CT molecular complexity index is 677. The number of hydrogen-bond acceptors (Lipinski definition) is 3. The Hall–Kier alpha value is -2.00. The maximum atomic E-state index is 12.0. The molecule has 0 aromatic heterocycles. The Kier molecular flexibility index (Phi) is 3.84. The van der Waals surface area contributed by atoms with Gasteiger partial charge in [-0.15, -0.1) is 0 Å². The molecule has 0 saturated carbocycles. The number of benzene rings is 2. The Morgan fingerprint density at radius 2 is 1.67 bits per heavy atom. The zero-order chi connectivity index (χ0) is 14.8. The molecule has 0 atom stereocenters. The van der Waals surface area contributed by atoms with Gasteiger partial charge in [-0.2, -0.15) is 0 Å². The van der Waals surface area contributed by atoms with Crippen molar-refractivity contribution in [1.29, 1.82) is 0 Å². The van der Waals surface area contributed by atoms with E-state index in [1.165, 1.54) is 0 Å². The Morgan fingerprint density at radius 1 is 1.05 bits per heavy atom. The summed E-state index contributed by atoms with van der Waals surface area (Å²) in [6, 6.07) is 11.1. The summed E-state index contributed by atoms with van der Waals surface area (Å²) in [7, 11) is 0. The molecule has 0 unspecified atom stereocenters. The van der Waals surface area contributed by atoms with Gasteiger partial charge in [-0.1, -0.05) is 23.7 Å². The number of Topliss-reactive ketones (excluding diaryl/α,β-unsaturated/α-hetero) is 1.